The zero-order chi connectivity index (χ0) is 10.9. The SMILES string of the molecule is Nc1ccccc1.O=Cc1ccccc1.P.[Cr]. The van der Waals surface area contributed by atoms with Crippen LogP contribution >= 0.6 is 9.90 Å². The second-order valence-corrected chi connectivity index (χ2v) is 2.94. The number of nitrogens with two attached hydrogens (primary N) is 1. The molecule has 2 rings (SSSR count). The summed E-state index contributed by atoms with van der Waals surface area (Å²) in [6.45, 7) is 0. The number of nitrogen functional groups attached to an aromatic ring is 1. The van der Waals surface area contributed by atoms with E-state index < -0.39 is 0 Å². The van der Waals surface area contributed by atoms with Crippen molar-refractivity contribution in [2.45, 2.75) is 0 Å². The first-order valence-corrected chi connectivity index (χ1v) is 4.63. The van der Waals surface area contributed by atoms with Gasteiger partial charge in [-0.2, -0.15) is 9.90 Å². The van der Waals surface area contributed by atoms with Crippen LogP contribution in [0.2, 0.25) is 0 Å². The predicted molar refractivity (Wildman–Crippen MR) is 73.8 cm³/mol. The first-order valence-electron chi connectivity index (χ1n) is 4.63. The van der Waals surface area contributed by atoms with Crippen molar-refractivity contribution < 1.29 is 22.2 Å². The molecule has 17 heavy (non-hydrogen) atoms. The summed E-state index contributed by atoms with van der Waals surface area (Å²) >= 11 is 0. The fraction of sp³-hybridized carbons (Fsp3) is 0. The van der Waals surface area contributed by atoms with Crippen LogP contribution in [0.4, 0.5) is 5.69 Å². The van der Waals surface area contributed by atoms with Crippen LogP contribution in [0.25, 0.3) is 0 Å². The van der Waals surface area contributed by atoms with Crippen molar-refractivity contribution in [3.8, 4) is 0 Å². The molecule has 0 amide bonds. The number of rotatable bonds is 1. The molecule has 2 nitrogen and oxygen atoms in total. The van der Waals surface area contributed by atoms with E-state index in [-0.39, 0.29) is 27.3 Å². The molecule has 2 aromatic rings. The zero-order valence-electron chi connectivity index (χ0n) is 9.45. The molecule has 90 valence electrons. The van der Waals surface area contributed by atoms with Crippen molar-refractivity contribution in [2.75, 3.05) is 5.73 Å². The molecule has 0 heterocycles. The molecular formula is C13H16CrNOP. The first kappa shape index (κ1) is 18.2. The molecule has 0 aliphatic carbocycles. The van der Waals surface area contributed by atoms with Crippen LogP contribution in [0.3, 0.4) is 0 Å². The van der Waals surface area contributed by atoms with Crippen molar-refractivity contribution >= 4 is 21.9 Å². The molecule has 0 bridgehead atoms. The fourth-order valence-electron chi connectivity index (χ4n) is 0.985. The molecule has 0 aliphatic rings. The number of para-hydroxylation sites is 1. The van der Waals surface area contributed by atoms with Crippen LogP contribution in [0.5, 0.6) is 0 Å². The summed E-state index contributed by atoms with van der Waals surface area (Å²) in [5, 5.41) is 0. The minimum Gasteiger partial charge on any atom is -0.399 e. The maximum absolute atomic E-state index is 10.0. The van der Waals surface area contributed by atoms with Gasteiger partial charge in [-0.3, -0.25) is 4.79 Å². The molecule has 0 radical (unpaired) electrons. The van der Waals surface area contributed by atoms with Gasteiger partial charge in [0.1, 0.15) is 6.29 Å². The van der Waals surface area contributed by atoms with Gasteiger partial charge in [-0.15, -0.1) is 0 Å². The van der Waals surface area contributed by atoms with Crippen LogP contribution in [-0.2, 0) is 17.4 Å². The van der Waals surface area contributed by atoms with E-state index in [4.69, 9.17) is 5.73 Å². The van der Waals surface area contributed by atoms with Gasteiger partial charge >= 0.3 is 0 Å². The molecule has 2 N–H and O–H groups in total. The van der Waals surface area contributed by atoms with Gasteiger partial charge in [-0.25, -0.2) is 0 Å². The second kappa shape index (κ2) is 11.4. The van der Waals surface area contributed by atoms with Crippen molar-refractivity contribution in [1.29, 1.82) is 0 Å². The summed E-state index contributed by atoms with van der Waals surface area (Å²) in [6, 6.07) is 18.6. The number of hydrogen-bond donors (Lipinski definition) is 1. The van der Waals surface area contributed by atoms with Gasteiger partial charge in [0.15, 0.2) is 0 Å². The molecule has 2 aromatic carbocycles. The Hall–Kier alpha value is -1.13. The standard InChI is InChI=1S/C7H6O.C6H7N.Cr.H3P/c8-6-7-4-2-1-3-5-7;7-6-4-2-1-3-5-6;;/h1-6H;1-5H,7H2;;1H3. The largest absolute Gasteiger partial charge is 0.399 e. The summed E-state index contributed by atoms with van der Waals surface area (Å²) in [4.78, 5) is 10.0. The average molecular weight is 285 g/mol. The van der Waals surface area contributed by atoms with Crippen molar-refractivity contribution in [3.05, 3.63) is 66.2 Å². The Morgan fingerprint density at radius 2 is 1.24 bits per heavy atom. The van der Waals surface area contributed by atoms with Crippen molar-refractivity contribution in [1.82, 2.24) is 0 Å². The van der Waals surface area contributed by atoms with E-state index in [2.05, 4.69) is 0 Å². The first-order chi connectivity index (χ1) is 7.33. The Morgan fingerprint density at radius 3 is 1.47 bits per heavy atom. The molecule has 0 saturated heterocycles. The minimum absolute atomic E-state index is 0. The molecule has 1 atom stereocenters. The van der Waals surface area contributed by atoms with E-state index in [1.807, 2.05) is 48.5 Å². The number of benzene rings is 2. The van der Waals surface area contributed by atoms with Crippen LogP contribution in [0.1, 0.15) is 10.4 Å². The van der Waals surface area contributed by atoms with E-state index in [1.54, 1.807) is 12.1 Å². The Labute approximate surface area is 116 Å². The number of carbonyl (C=O) groups is 1. The Kier molecular flexibility index (Phi) is 12.2. The number of aldehydes is 1. The molecule has 0 saturated carbocycles. The van der Waals surface area contributed by atoms with Crippen molar-refractivity contribution in [3.63, 3.8) is 0 Å². The second-order valence-electron chi connectivity index (χ2n) is 2.94. The summed E-state index contributed by atoms with van der Waals surface area (Å²) in [5.74, 6) is 0. The maximum Gasteiger partial charge on any atom is 0.150 e. The molecule has 1 unspecified atom stereocenters. The van der Waals surface area contributed by atoms with Gasteiger partial charge in [-0.05, 0) is 12.1 Å². The molecular weight excluding hydrogens is 269 g/mol. The third-order valence-corrected chi connectivity index (χ3v) is 1.74. The van der Waals surface area contributed by atoms with Gasteiger partial charge in [0, 0.05) is 28.6 Å². The molecule has 0 aromatic heterocycles. The van der Waals surface area contributed by atoms with Crippen LogP contribution in [0.15, 0.2) is 60.7 Å². The average Bonchev–Trinajstić information content (AvgIpc) is 2.32. The van der Waals surface area contributed by atoms with E-state index >= 15 is 0 Å². The van der Waals surface area contributed by atoms with Gasteiger partial charge in [-0.1, -0.05) is 48.5 Å². The Bertz CT molecular complexity index is 395. The van der Waals surface area contributed by atoms with E-state index in [0.717, 1.165) is 17.5 Å². The smallest absolute Gasteiger partial charge is 0.150 e. The Balaban J connectivity index is 0. The van der Waals surface area contributed by atoms with Crippen LogP contribution < -0.4 is 5.73 Å². The molecule has 0 spiro atoms. The van der Waals surface area contributed by atoms with E-state index in [1.165, 1.54) is 0 Å². The van der Waals surface area contributed by atoms with E-state index in [0.29, 0.717) is 0 Å². The third-order valence-electron chi connectivity index (χ3n) is 1.74. The summed E-state index contributed by atoms with van der Waals surface area (Å²) in [7, 11) is 0. The zero-order valence-corrected chi connectivity index (χ0v) is 12.1. The summed E-state index contributed by atoms with van der Waals surface area (Å²) < 4.78 is 0. The Morgan fingerprint density at radius 1 is 0.824 bits per heavy atom. The van der Waals surface area contributed by atoms with Gasteiger partial charge in [0.05, 0.1) is 0 Å². The predicted octanol–water partition coefficient (Wildman–Crippen LogP) is 2.82. The normalized spacial score (nSPS) is 7.53. The van der Waals surface area contributed by atoms with Gasteiger partial charge in [0.2, 0.25) is 0 Å². The van der Waals surface area contributed by atoms with Crippen LogP contribution in [0, 0.1) is 0 Å². The molecule has 0 aliphatic heterocycles. The van der Waals surface area contributed by atoms with E-state index in [9.17, 15) is 4.79 Å². The minimum atomic E-state index is 0. The summed E-state index contributed by atoms with van der Waals surface area (Å²) in [5.41, 5.74) is 6.91. The quantitative estimate of drug-likeness (QED) is 0.497. The number of carbonyl (C=O) groups excluding carboxylic acids is 1. The van der Waals surface area contributed by atoms with Gasteiger partial charge < -0.3 is 5.73 Å². The number of anilines is 1. The van der Waals surface area contributed by atoms with Gasteiger partial charge in [0.25, 0.3) is 0 Å². The van der Waals surface area contributed by atoms with Crippen LogP contribution in [-0.4, -0.2) is 6.29 Å². The topological polar surface area (TPSA) is 43.1 Å². The summed E-state index contributed by atoms with van der Waals surface area (Å²) in [6.07, 6.45) is 0.833. The monoisotopic (exact) mass is 285 g/mol. The molecule has 0 fully saturated rings. The van der Waals surface area contributed by atoms with Crippen molar-refractivity contribution in [2.24, 2.45) is 0 Å². The number of hydrogen-bond acceptors (Lipinski definition) is 2. The maximum atomic E-state index is 10.0. The molecule has 4 heteroatoms. The fourth-order valence-corrected chi connectivity index (χ4v) is 0.985. The third kappa shape index (κ3) is 8.66.